The fraction of sp³-hybridized carbons (Fsp3) is 0.375. The lowest BCUT2D eigenvalue weighted by Crippen LogP contribution is -2.24. The maximum absolute atomic E-state index is 4.45. The average Bonchev–Trinajstić information content (AvgIpc) is 2.77. The van der Waals surface area contributed by atoms with Gasteiger partial charge in [-0.15, -0.1) is 0 Å². The van der Waals surface area contributed by atoms with E-state index < -0.39 is 0 Å². The normalized spacial score (nSPS) is 16.1. The number of rotatable bonds is 2. The minimum Gasteiger partial charge on any atom is -0.357 e. The van der Waals surface area contributed by atoms with Crippen LogP contribution in [0.5, 0.6) is 0 Å². The van der Waals surface area contributed by atoms with Gasteiger partial charge in [-0.3, -0.25) is 0 Å². The number of aromatic nitrogens is 2. The Labute approximate surface area is 114 Å². The van der Waals surface area contributed by atoms with E-state index in [1.54, 1.807) is 6.33 Å². The number of anilines is 1. The summed E-state index contributed by atoms with van der Waals surface area (Å²) >= 11 is 0. The first-order chi connectivity index (χ1) is 9.43. The van der Waals surface area contributed by atoms with Crippen molar-refractivity contribution >= 4 is 5.82 Å². The second-order valence-corrected chi connectivity index (χ2v) is 5.03. The molecule has 3 rings (SSSR count). The second-order valence-electron chi connectivity index (χ2n) is 5.03. The molecule has 3 nitrogen and oxygen atoms in total. The quantitative estimate of drug-likeness (QED) is 0.820. The van der Waals surface area contributed by atoms with Gasteiger partial charge in [-0.25, -0.2) is 9.97 Å². The molecule has 1 fully saturated rings. The van der Waals surface area contributed by atoms with E-state index in [0.717, 1.165) is 30.2 Å². The molecular formula is C16H19N3. The number of hydrogen-bond acceptors (Lipinski definition) is 3. The van der Waals surface area contributed by atoms with Crippen LogP contribution in [-0.4, -0.2) is 23.1 Å². The fourth-order valence-electron chi connectivity index (χ4n) is 2.59. The van der Waals surface area contributed by atoms with Crippen molar-refractivity contribution in [1.29, 1.82) is 0 Å². The molecule has 0 atom stereocenters. The Bertz CT molecular complexity index is 517. The zero-order valence-electron chi connectivity index (χ0n) is 11.1. The molecule has 2 heterocycles. The summed E-state index contributed by atoms with van der Waals surface area (Å²) in [5, 5.41) is 0. The first-order valence-electron chi connectivity index (χ1n) is 7.06. The monoisotopic (exact) mass is 253 g/mol. The molecule has 0 amide bonds. The van der Waals surface area contributed by atoms with Crippen molar-refractivity contribution in [3.8, 4) is 11.3 Å². The summed E-state index contributed by atoms with van der Waals surface area (Å²) in [5.41, 5.74) is 2.16. The van der Waals surface area contributed by atoms with Crippen molar-refractivity contribution in [3.63, 3.8) is 0 Å². The summed E-state index contributed by atoms with van der Waals surface area (Å²) < 4.78 is 0. The van der Waals surface area contributed by atoms with Crippen LogP contribution in [0.15, 0.2) is 42.7 Å². The van der Waals surface area contributed by atoms with E-state index >= 15 is 0 Å². The van der Waals surface area contributed by atoms with Crippen molar-refractivity contribution in [1.82, 2.24) is 9.97 Å². The van der Waals surface area contributed by atoms with Crippen LogP contribution >= 0.6 is 0 Å². The van der Waals surface area contributed by atoms with Crippen LogP contribution in [0.1, 0.15) is 25.7 Å². The van der Waals surface area contributed by atoms with Gasteiger partial charge in [0, 0.05) is 24.7 Å². The molecule has 98 valence electrons. The maximum Gasteiger partial charge on any atom is 0.132 e. The molecule has 0 radical (unpaired) electrons. The lowest BCUT2D eigenvalue weighted by Gasteiger charge is -2.21. The molecule has 1 aromatic carbocycles. The van der Waals surface area contributed by atoms with Crippen molar-refractivity contribution in [2.75, 3.05) is 18.0 Å². The van der Waals surface area contributed by atoms with Gasteiger partial charge < -0.3 is 4.90 Å². The highest BCUT2D eigenvalue weighted by Gasteiger charge is 2.12. The molecule has 0 saturated carbocycles. The van der Waals surface area contributed by atoms with E-state index in [9.17, 15) is 0 Å². The highest BCUT2D eigenvalue weighted by Crippen LogP contribution is 2.22. The summed E-state index contributed by atoms with van der Waals surface area (Å²) in [6, 6.07) is 12.4. The van der Waals surface area contributed by atoms with Gasteiger partial charge in [0.15, 0.2) is 0 Å². The number of hydrogen-bond donors (Lipinski definition) is 0. The highest BCUT2D eigenvalue weighted by molar-refractivity contribution is 5.62. The Morgan fingerprint density at radius 1 is 0.842 bits per heavy atom. The molecule has 2 aromatic rings. The molecule has 0 aliphatic carbocycles. The fourth-order valence-corrected chi connectivity index (χ4v) is 2.59. The third kappa shape index (κ3) is 2.92. The molecule has 0 N–H and O–H groups in total. The summed E-state index contributed by atoms with van der Waals surface area (Å²) in [6.45, 7) is 2.23. The van der Waals surface area contributed by atoms with Gasteiger partial charge >= 0.3 is 0 Å². The van der Waals surface area contributed by atoms with Crippen LogP contribution in [0.4, 0.5) is 5.82 Å². The summed E-state index contributed by atoms with van der Waals surface area (Å²) in [7, 11) is 0. The number of benzene rings is 1. The van der Waals surface area contributed by atoms with E-state index in [-0.39, 0.29) is 0 Å². The van der Waals surface area contributed by atoms with E-state index in [1.165, 1.54) is 25.7 Å². The molecule has 0 spiro atoms. The van der Waals surface area contributed by atoms with Gasteiger partial charge in [-0.1, -0.05) is 43.2 Å². The SMILES string of the molecule is c1ccc(-c2cc(N3CCCCCC3)ncn2)cc1. The summed E-state index contributed by atoms with van der Waals surface area (Å²) in [6.07, 6.45) is 6.90. The standard InChI is InChI=1S/C16H19N3/c1-2-7-11-19(10-6-1)16-12-15(17-13-18-16)14-8-4-3-5-9-14/h3-5,8-9,12-13H,1-2,6-7,10-11H2. The first kappa shape index (κ1) is 12.2. The van der Waals surface area contributed by atoms with Crippen LogP contribution in [-0.2, 0) is 0 Å². The van der Waals surface area contributed by atoms with Crippen LogP contribution < -0.4 is 4.90 Å². The minimum atomic E-state index is 1.01. The molecule has 19 heavy (non-hydrogen) atoms. The smallest absolute Gasteiger partial charge is 0.132 e. The third-order valence-corrected chi connectivity index (χ3v) is 3.65. The molecule has 1 aliphatic heterocycles. The van der Waals surface area contributed by atoms with Gasteiger partial charge in [0.05, 0.1) is 5.69 Å². The first-order valence-corrected chi connectivity index (χ1v) is 7.06. The molecule has 1 aromatic heterocycles. The van der Waals surface area contributed by atoms with Crippen molar-refractivity contribution in [3.05, 3.63) is 42.7 Å². The molecule has 0 bridgehead atoms. The van der Waals surface area contributed by atoms with Crippen molar-refractivity contribution in [2.24, 2.45) is 0 Å². The highest BCUT2D eigenvalue weighted by atomic mass is 15.2. The maximum atomic E-state index is 4.45. The van der Waals surface area contributed by atoms with Crippen LogP contribution in [0.25, 0.3) is 11.3 Å². The van der Waals surface area contributed by atoms with E-state index in [1.807, 2.05) is 18.2 Å². The zero-order chi connectivity index (χ0) is 12.9. The lowest BCUT2D eigenvalue weighted by atomic mass is 10.1. The topological polar surface area (TPSA) is 29.0 Å². The summed E-state index contributed by atoms with van der Waals surface area (Å²) in [4.78, 5) is 11.2. The van der Waals surface area contributed by atoms with E-state index in [4.69, 9.17) is 0 Å². The second kappa shape index (κ2) is 5.83. The Morgan fingerprint density at radius 2 is 1.58 bits per heavy atom. The molecule has 1 aliphatic rings. The van der Waals surface area contributed by atoms with E-state index in [0.29, 0.717) is 0 Å². The van der Waals surface area contributed by atoms with Gasteiger partial charge in [-0.2, -0.15) is 0 Å². The predicted molar refractivity (Wildman–Crippen MR) is 78.1 cm³/mol. The minimum absolute atomic E-state index is 1.01. The number of nitrogens with zero attached hydrogens (tertiary/aromatic N) is 3. The molecule has 3 heteroatoms. The Morgan fingerprint density at radius 3 is 2.32 bits per heavy atom. The summed E-state index contributed by atoms with van der Waals surface area (Å²) in [5.74, 6) is 1.07. The Hall–Kier alpha value is -1.90. The zero-order valence-corrected chi connectivity index (χ0v) is 11.1. The van der Waals surface area contributed by atoms with Crippen LogP contribution in [0, 0.1) is 0 Å². The van der Waals surface area contributed by atoms with E-state index in [2.05, 4.69) is 33.1 Å². The van der Waals surface area contributed by atoms with Crippen LogP contribution in [0.2, 0.25) is 0 Å². The molecular weight excluding hydrogens is 234 g/mol. The van der Waals surface area contributed by atoms with Crippen molar-refractivity contribution in [2.45, 2.75) is 25.7 Å². The van der Waals surface area contributed by atoms with Gasteiger partial charge in [-0.05, 0) is 12.8 Å². The van der Waals surface area contributed by atoms with Crippen LogP contribution in [0.3, 0.4) is 0 Å². The molecule has 0 unspecified atom stereocenters. The Balaban J connectivity index is 1.87. The van der Waals surface area contributed by atoms with Gasteiger partial charge in [0.1, 0.15) is 12.1 Å². The Kier molecular flexibility index (Phi) is 3.73. The largest absolute Gasteiger partial charge is 0.357 e. The molecule has 1 saturated heterocycles. The van der Waals surface area contributed by atoms with Gasteiger partial charge in [0.2, 0.25) is 0 Å². The third-order valence-electron chi connectivity index (χ3n) is 3.65. The predicted octanol–water partition coefficient (Wildman–Crippen LogP) is 3.52. The average molecular weight is 253 g/mol. The van der Waals surface area contributed by atoms with Crippen molar-refractivity contribution < 1.29 is 0 Å². The lowest BCUT2D eigenvalue weighted by molar-refractivity contribution is 0.726. The van der Waals surface area contributed by atoms with Gasteiger partial charge in [0.25, 0.3) is 0 Å².